The standard InChI is InChI=1S/C15H23ClN2O2/c1-17-7-9-18(10-8-17)6-3-11-20-14-5-4-13(16)12-15(14)19-2/h4-5,12H,3,6-11H2,1-2H3. The van der Waals surface area contributed by atoms with E-state index in [0.29, 0.717) is 17.4 Å². The van der Waals surface area contributed by atoms with E-state index >= 15 is 0 Å². The van der Waals surface area contributed by atoms with E-state index in [0.717, 1.165) is 44.9 Å². The highest BCUT2D eigenvalue weighted by Crippen LogP contribution is 2.29. The van der Waals surface area contributed by atoms with Gasteiger partial charge in [-0.15, -0.1) is 0 Å². The molecule has 0 amide bonds. The summed E-state index contributed by atoms with van der Waals surface area (Å²) in [4.78, 5) is 4.86. The van der Waals surface area contributed by atoms with Gasteiger partial charge in [0, 0.05) is 43.8 Å². The molecule has 0 saturated carbocycles. The first kappa shape index (κ1) is 15.4. The maximum Gasteiger partial charge on any atom is 0.162 e. The summed E-state index contributed by atoms with van der Waals surface area (Å²) in [5.74, 6) is 1.45. The molecule has 112 valence electrons. The van der Waals surface area contributed by atoms with Crippen molar-refractivity contribution >= 4 is 11.6 Å². The number of hydrogen-bond donors (Lipinski definition) is 0. The van der Waals surface area contributed by atoms with E-state index in [1.54, 1.807) is 13.2 Å². The van der Waals surface area contributed by atoms with Gasteiger partial charge in [0.15, 0.2) is 11.5 Å². The number of benzene rings is 1. The van der Waals surface area contributed by atoms with Crippen LogP contribution in [0.2, 0.25) is 5.02 Å². The predicted octanol–water partition coefficient (Wildman–Crippen LogP) is 2.36. The van der Waals surface area contributed by atoms with Crippen molar-refractivity contribution in [2.75, 3.05) is 53.5 Å². The number of hydrogen-bond acceptors (Lipinski definition) is 4. The molecule has 4 nitrogen and oxygen atoms in total. The van der Waals surface area contributed by atoms with Crippen molar-refractivity contribution < 1.29 is 9.47 Å². The second kappa shape index (κ2) is 7.72. The summed E-state index contributed by atoms with van der Waals surface area (Å²) in [6, 6.07) is 5.45. The number of ether oxygens (including phenoxy) is 2. The van der Waals surface area contributed by atoms with Crippen molar-refractivity contribution in [2.45, 2.75) is 6.42 Å². The third-order valence-corrected chi connectivity index (χ3v) is 3.83. The molecule has 20 heavy (non-hydrogen) atoms. The molecule has 5 heteroatoms. The van der Waals surface area contributed by atoms with Gasteiger partial charge < -0.3 is 19.3 Å². The molecule has 0 aliphatic carbocycles. The van der Waals surface area contributed by atoms with Crippen LogP contribution in [-0.4, -0.2) is 63.3 Å². The molecule has 0 N–H and O–H groups in total. The Balaban J connectivity index is 1.71. The highest BCUT2D eigenvalue weighted by Gasteiger charge is 2.13. The Morgan fingerprint density at radius 1 is 1.15 bits per heavy atom. The molecule has 0 atom stereocenters. The molecule has 1 aliphatic rings. The third-order valence-electron chi connectivity index (χ3n) is 3.60. The fourth-order valence-electron chi connectivity index (χ4n) is 2.30. The maximum absolute atomic E-state index is 5.92. The minimum absolute atomic E-state index is 0.659. The van der Waals surface area contributed by atoms with Crippen LogP contribution >= 0.6 is 11.6 Å². The van der Waals surface area contributed by atoms with Gasteiger partial charge in [0.05, 0.1) is 13.7 Å². The highest BCUT2D eigenvalue weighted by molar-refractivity contribution is 6.30. The fraction of sp³-hybridized carbons (Fsp3) is 0.600. The molecule has 1 fully saturated rings. The summed E-state index contributed by atoms with van der Waals surface area (Å²) >= 11 is 5.92. The Labute approximate surface area is 126 Å². The molecule has 1 heterocycles. The van der Waals surface area contributed by atoms with E-state index in [1.807, 2.05) is 12.1 Å². The zero-order valence-corrected chi connectivity index (χ0v) is 13.0. The van der Waals surface area contributed by atoms with E-state index in [-0.39, 0.29) is 0 Å². The summed E-state index contributed by atoms with van der Waals surface area (Å²) in [5, 5.41) is 0.659. The maximum atomic E-state index is 5.92. The van der Waals surface area contributed by atoms with Crippen LogP contribution in [0.25, 0.3) is 0 Å². The second-order valence-electron chi connectivity index (χ2n) is 5.14. The van der Waals surface area contributed by atoms with Gasteiger partial charge in [-0.2, -0.15) is 0 Å². The SMILES string of the molecule is COc1cc(Cl)ccc1OCCCN1CCN(C)CC1. The zero-order valence-electron chi connectivity index (χ0n) is 12.3. The minimum Gasteiger partial charge on any atom is -0.493 e. The fourth-order valence-corrected chi connectivity index (χ4v) is 2.46. The number of halogens is 1. The van der Waals surface area contributed by atoms with Gasteiger partial charge in [0.1, 0.15) is 0 Å². The normalized spacial score (nSPS) is 17.1. The topological polar surface area (TPSA) is 24.9 Å². The van der Waals surface area contributed by atoms with Crippen molar-refractivity contribution in [1.29, 1.82) is 0 Å². The monoisotopic (exact) mass is 298 g/mol. The number of methoxy groups -OCH3 is 1. The van der Waals surface area contributed by atoms with E-state index in [9.17, 15) is 0 Å². The molecule has 0 unspecified atom stereocenters. The van der Waals surface area contributed by atoms with Crippen LogP contribution in [0.4, 0.5) is 0 Å². The molecule has 1 aromatic carbocycles. The molecule has 0 radical (unpaired) electrons. The first-order valence-electron chi connectivity index (χ1n) is 7.06. The molecule has 0 bridgehead atoms. The Kier molecular flexibility index (Phi) is 5.95. The summed E-state index contributed by atoms with van der Waals surface area (Å²) < 4.78 is 11.0. The molecule has 1 saturated heterocycles. The summed E-state index contributed by atoms with van der Waals surface area (Å²) in [7, 11) is 3.80. The van der Waals surface area contributed by atoms with Crippen LogP contribution < -0.4 is 9.47 Å². The Morgan fingerprint density at radius 3 is 2.60 bits per heavy atom. The van der Waals surface area contributed by atoms with Gasteiger partial charge in [-0.3, -0.25) is 0 Å². The molecule has 1 aromatic rings. The quantitative estimate of drug-likeness (QED) is 0.753. The third kappa shape index (κ3) is 4.54. The largest absolute Gasteiger partial charge is 0.493 e. The minimum atomic E-state index is 0.659. The highest BCUT2D eigenvalue weighted by atomic mass is 35.5. The van der Waals surface area contributed by atoms with Crippen molar-refractivity contribution in [3.8, 4) is 11.5 Å². The van der Waals surface area contributed by atoms with Gasteiger partial charge in [0.25, 0.3) is 0 Å². The van der Waals surface area contributed by atoms with Crippen LogP contribution in [-0.2, 0) is 0 Å². The van der Waals surface area contributed by atoms with Crippen molar-refractivity contribution in [3.05, 3.63) is 23.2 Å². The average molecular weight is 299 g/mol. The molecular formula is C15H23ClN2O2. The van der Waals surface area contributed by atoms with E-state index in [2.05, 4.69) is 16.8 Å². The van der Waals surface area contributed by atoms with Crippen molar-refractivity contribution in [1.82, 2.24) is 9.80 Å². The Bertz CT molecular complexity index is 420. The Hall–Kier alpha value is -0.970. The summed E-state index contributed by atoms with van der Waals surface area (Å²) in [6.45, 7) is 6.41. The number of likely N-dealkylation sites (N-methyl/N-ethyl adjacent to an activating group) is 1. The lowest BCUT2D eigenvalue weighted by Gasteiger charge is -2.32. The van der Waals surface area contributed by atoms with Gasteiger partial charge in [-0.25, -0.2) is 0 Å². The molecule has 0 aromatic heterocycles. The first-order chi connectivity index (χ1) is 9.69. The summed E-state index contributed by atoms with van der Waals surface area (Å²) in [5.41, 5.74) is 0. The predicted molar refractivity (Wildman–Crippen MR) is 82.1 cm³/mol. The number of rotatable bonds is 6. The average Bonchev–Trinajstić information content (AvgIpc) is 2.46. The Morgan fingerprint density at radius 2 is 1.90 bits per heavy atom. The van der Waals surface area contributed by atoms with Crippen LogP contribution in [0.5, 0.6) is 11.5 Å². The van der Waals surface area contributed by atoms with Gasteiger partial charge >= 0.3 is 0 Å². The first-order valence-corrected chi connectivity index (χ1v) is 7.44. The number of piperazine rings is 1. The zero-order chi connectivity index (χ0) is 14.4. The van der Waals surface area contributed by atoms with Crippen LogP contribution in [0.1, 0.15) is 6.42 Å². The molecule has 1 aliphatic heterocycles. The van der Waals surface area contributed by atoms with Crippen LogP contribution in [0.3, 0.4) is 0 Å². The van der Waals surface area contributed by atoms with Crippen LogP contribution in [0, 0.1) is 0 Å². The smallest absolute Gasteiger partial charge is 0.162 e. The number of nitrogens with zero attached hydrogens (tertiary/aromatic N) is 2. The molecule has 2 rings (SSSR count). The lowest BCUT2D eigenvalue weighted by Crippen LogP contribution is -2.44. The second-order valence-corrected chi connectivity index (χ2v) is 5.58. The van der Waals surface area contributed by atoms with E-state index < -0.39 is 0 Å². The van der Waals surface area contributed by atoms with Crippen molar-refractivity contribution in [3.63, 3.8) is 0 Å². The van der Waals surface area contributed by atoms with Gasteiger partial charge in [-0.1, -0.05) is 11.6 Å². The van der Waals surface area contributed by atoms with Gasteiger partial charge in [-0.05, 0) is 25.6 Å². The molecular weight excluding hydrogens is 276 g/mol. The van der Waals surface area contributed by atoms with Crippen molar-refractivity contribution in [2.24, 2.45) is 0 Å². The van der Waals surface area contributed by atoms with Gasteiger partial charge in [0.2, 0.25) is 0 Å². The van der Waals surface area contributed by atoms with E-state index in [4.69, 9.17) is 21.1 Å². The van der Waals surface area contributed by atoms with Crippen LogP contribution in [0.15, 0.2) is 18.2 Å². The lowest BCUT2D eigenvalue weighted by molar-refractivity contribution is 0.145. The lowest BCUT2D eigenvalue weighted by atomic mass is 10.3. The molecule has 0 spiro atoms. The van der Waals surface area contributed by atoms with E-state index in [1.165, 1.54) is 0 Å². The summed E-state index contributed by atoms with van der Waals surface area (Å²) in [6.07, 6.45) is 1.02.